The van der Waals surface area contributed by atoms with Gasteiger partial charge in [-0.05, 0) is 30.3 Å². The highest BCUT2D eigenvalue weighted by Crippen LogP contribution is 2.42. The fourth-order valence-electron chi connectivity index (χ4n) is 2.59. The Morgan fingerprint density at radius 2 is 1.78 bits per heavy atom. The average Bonchev–Trinajstić information content (AvgIpc) is 3.21. The van der Waals surface area contributed by atoms with Gasteiger partial charge in [-0.15, -0.1) is 0 Å². The highest BCUT2D eigenvalue weighted by molar-refractivity contribution is 7.99. The first-order valence-electron chi connectivity index (χ1n) is 8.47. The summed E-state index contributed by atoms with van der Waals surface area (Å²) in [5.74, 6) is 1.68. The van der Waals surface area contributed by atoms with E-state index in [1.165, 1.54) is 6.08 Å². The van der Waals surface area contributed by atoms with Crippen molar-refractivity contribution >= 4 is 29.4 Å². The lowest BCUT2D eigenvalue weighted by molar-refractivity contribution is -0.111. The molecule has 0 spiro atoms. The van der Waals surface area contributed by atoms with Crippen molar-refractivity contribution in [2.24, 2.45) is 0 Å². The van der Waals surface area contributed by atoms with Crippen LogP contribution in [-0.2, 0) is 4.79 Å². The molecule has 1 N–H and O–H groups in total. The van der Waals surface area contributed by atoms with Gasteiger partial charge in [0.25, 0.3) is 0 Å². The maximum Gasteiger partial charge on any atom is 0.248 e. The minimum atomic E-state index is -0.252. The number of benzene rings is 2. The van der Waals surface area contributed by atoms with Gasteiger partial charge in [0.1, 0.15) is 19.0 Å². The Labute approximate surface area is 161 Å². The van der Waals surface area contributed by atoms with Gasteiger partial charge in [0.15, 0.2) is 11.5 Å². The molecular weight excluding hydrogens is 362 g/mol. The van der Waals surface area contributed by atoms with Crippen LogP contribution in [0.3, 0.4) is 0 Å². The minimum Gasteiger partial charge on any atom is -0.486 e. The lowest BCUT2D eigenvalue weighted by Gasteiger charge is -2.21. The van der Waals surface area contributed by atoms with Crippen molar-refractivity contribution in [3.05, 3.63) is 72.7 Å². The first kappa shape index (κ1) is 17.3. The Morgan fingerprint density at radius 1 is 1.00 bits per heavy atom. The summed E-state index contributed by atoms with van der Waals surface area (Å²) >= 11 is 1.55. The van der Waals surface area contributed by atoms with Gasteiger partial charge in [-0.3, -0.25) is 4.79 Å². The van der Waals surface area contributed by atoms with Crippen LogP contribution in [0.1, 0.15) is 5.76 Å². The molecule has 5 nitrogen and oxygen atoms in total. The number of fused-ring (bicyclic) bond motifs is 1. The topological polar surface area (TPSA) is 60.7 Å². The summed E-state index contributed by atoms with van der Waals surface area (Å²) in [6, 6.07) is 17.2. The van der Waals surface area contributed by atoms with Gasteiger partial charge in [0.05, 0.1) is 12.0 Å². The molecule has 1 aliphatic heterocycles. The number of rotatable bonds is 5. The molecule has 3 aromatic rings. The molecular formula is C21H17NO4S. The van der Waals surface area contributed by atoms with Crippen molar-refractivity contribution < 1.29 is 18.7 Å². The molecule has 0 atom stereocenters. The van der Waals surface area contributed by atoms with Crippen LogP contribution < -0.4 is 14.8 Å². The normalized spacial score (nSPS) is 12.9. The molecule has 0 unspecified atom stereocenters. The SMILES string of the molecule is O=C(C=Cc1ccco1)Nc1cc2c(cc1Sc1ccccc1)OCCO2. The Balaban J connectivity index is 1.60. The third-order valence-corrected chi connectivity index (χ3v) is 4.88. The highest BCUT2D eigenvalue weighted by atomic mass is 32.2. The van der Waals surface area contributed by atoms with E-state index in [9.17, 15) is 4.79 Å². The van der Waals surface area contributed by atoms with Crippen LogP contribution in [-0.4, -0.2) is 19.1 Å². The maximum atomic E-state index is 12.4. The van der Waals surface area contributed by atoms with Gasteiger partial charge in [0.2, 0.25) is 5.91 Å². The Morgan fingerprint density at radius 3 is 2.52 bits per heavy atom. The molecule has 4 rings (SSSR count). The van der Waals surface area contributed by atoms with E-state index in [2.05, 4.69) is 5.32 Å². The number of carbonyl (C=O) groups excluding carboxylic acids is 1. The summed E-state index contributed by atoms with van der Waals surface area (Å²) in [7, 11) is 0. The minimum absolute atomic E-state index is 0.252. The van der Waals surface area contributed by atoms with E-state index in [1.54, 1.807) is 42.3 Å². The molecule has 1 aliphatic rings. The monoisotopic (exact) mass is 379 g/mol. The quantitative estimate of drug-likeness (QED) is 0.642. The van der Waals surface area contributed by atoms with Crippen LogP contribution >= 0.6 is 11.8 Å². The number of furan rings is 1. The second-order valence-corrected chi connectivity index (χ2v) is 6.86. The van der Waals surface area contributed by atoms with E-state index in [-0.39, 0.29) is 5.91 Å². The van der Waals surface area contributed by atoms with E-state index < -0.39 is 0 Å². The first-order chi connectivity index (χ1) is 13.3. The number of nitrogens with one attached hydrogen (secondary N) is 1. The molecule has 27 heavy (non-hydrogen) atoms. The number of ether oxygens (including phenoxy) is 2. The van der Waals surface area contributed by atoms with Gasteiger partial charge in [-0.25, -0.2) is 0 Å². The smallest absolute Gasteiger partial charge is 0.248 e. The molecule has 0 saturated carbocycles. The summed E-state index contributed by atoms with van der Waals surface area (Å²) in [5, 5.41) is 2.92. The third-order valence-electron chi connectivity index (χ3n) is 3.82. The molecule has 0 saturated heterocycles. The van der Waals surface area contributed by atoms with Gasteiger partial charge < -0.3 is 19.2 Å². The zero-order valence-electron chi connectivity index (χ0n) is 14.4. The zero-order valence-corrected chi connectivity index (χ0v) is 15.2. The van der Waals surface area contributed by atoms with Crippen LogP contribution in [0, 0.1) is 0 Å². The molecule has 136 valence electrons. The molecule has 0 radical (unpaired) electrons. The average molecular weight is 379 g/mol. The van der Waals surface area contributed by atoms with Crippen molar-refractivity contribution in [3.8, 4) is 11.5 Å². The molecule has 1 amide bonds. The Bertz CT molecular complexity index is 952. The van der Waals surface area contributed by atoms with E-state index in [1.807, 2.05) is 36.4 Å². The fourth-order valence-corrected chi connectivity index (χ4v) is 3.52. The fraction of sp³-hybridized carbons (Fsp3) is 0.0952. The maximum absolute atomic E-state index is 12.4. The molecule has 0 bridgehead atoms. The van der Waals surface area contributed by atoms with Crippen LogP contribution in [0.15, 0.2) is 81.1 Å². The summed E-state index contributed by atoms with van der Waals surface area (Å²) in [4.78, 5) is 14.3. The Hall–Kier alpha value is -3.12. The van der Waals surface area contributed by atoms with Gasteiger partial charge >= 0.3 is 0 Å². The molecule has 0 fully saturated rings. The lowest BCUT2D eigenvalue weighted by Crippen LogP contribution is -2.16. The van der Waals surface area contributed by atoms with Crippen molar-refractivity contribution in [2.75, 3.05) is 18.5 Å². The van der Waals surface area contributed by atoms with Crippen molar-refractivity contribution in [1.82, 2.24) is 0 Å². The standard InChI is InChI=1S/C21H17NO4S/c23-21(9-8-15-5-4-10-24-15)22-17-13-18-19(26-12-11-25-18)14-20(17)27-16-6-2-1-3-7-16/h1-10,13-14H,11-12H2,(H,22,23). The van der Waals surface area contributed by atoms with Crippen LogP contribution in [0.4, 0.5) is 5.69 Å². The summed E-state index contributed by atoms with van der Waals surface area (Å²) in [6.45, 7) is 1.00. The van der Waals surface area contributed by atoms with Crippen LogP contribution in [0.25, 0.3) is 6.08 Å². The number of anilines is 1. The molecule has 2 aromatic carbocycles. The predicted octanol–water partition coefficient (Wildman–Crippen LogP) is 4.85. The van der Waals surface area contributed by atoms with Crippen molar-refractivity contribution in [2.45, 2.75) is 9.79 Å². The molecule has 0 aliphatic carbocycles. The third kappa shape index (κ3) is 4.35. The second-order valence-electron chi connectivity index (χ2n) is 5.75. The number of hydrogen-bond acceptors (Lipinski definition) is 5. The zero-order chi connectivity index (χ0) is 18.5. The number of carbonyl (C=O) groups is 1. The van der Waals surface area contributed by atoms with Crippen molar-refractivity contribution in [3.63, 3.8) is 0 Å². The van der Waals surface area contributed by atoms with Crippen LogP contribution in [0.5, 0.6) is 11.5 Å². The first-order valence-corrected chi connectivity index (χ1v) is 9.29. The summed E-state index contributed by atoms with van der Waals surface area (Å²) in [6.07, 6.45) is 4.62. The second kappa shape index (κ2) is 8.05. The summed E-state index contributed by atoms with van der Waals surface area (Å²) < 4.78 is 16.5. The number of hydrogen-bond donors (Lipinski definition) is 1. The van der Waals surface area contributed by atoms with Gasteiger partial charge in [-0.2, -0.15) is 0 Å². The predicted molar refractivity (Wildman–Crippen MR) is 104 cm³/mol. The Kier molecular flexibility index (Phi) is 5.16. The largest absolute Gasteiger partial charge is 0.486 e. The van der Waals surface area contributed by atoms with Crippen molar-refractivity contribution in [1.29, 1.82) is 0 Å². The summed E-state index contributed by atoms with van der Waals surface area (Å²) in [5.41, 5.74) is 0.669. The van der Waals surface area contributed by atoms with E-state index >= 15 is 0 Å². The molecule has 6 heteroatoms. The van der Waals surface area contributed by atoms with Crippen LogP contribution in [0.2, 0.25) is 0 Å². The van der Waals surface area contributed by atoms with E-state index in [4.69, 9.17) is 13.9 Å². The molecule has 2 heterocycles. The van der Waals surface area contributed by atoms with E-state index in [0.717, 1.165) is 9.79 Å². The van der Waals surface area contributed by atoms with Gasteiger partial charge in [0, 0.05) is 28.0 Å². The lowest BCUT2D eigenvalue weighted by atomic mass is 10.2. The molecule has 1 aromatic heterocycles. The van der Waals surface area contributed by atoms with E-state index in [0.29, 0.717) is 36.2 Å². The number of amides is 1. The van der Waals surface area contributed by atoms with Gasteiger partial charge in [-0.1, -0.05) is 30.0 Å². The highest BCUT2D eigenvalue weighted by Gasteiger charge is 2.17.